The van der Waals surface area contributed by atoms with Crippen molar-refractivity contribution in [1.82, 2.24) is 20.0 Å². The predicted octanol–water partition coefficient (Wildman–Crippen LogP) is 0.0373. The van der Waals surface area contributed by atoms with Crippen molar-refractivity contribution in [1.29, 1.82) is 0 Å². The highest BCUT2D eigenvalue weighted by atomic mass is 31.1. The lowest BCUT2D eigenvalue weighted by Crippen LogP contribution is -2.35. The Balaban J connectivity index is 3.57. The number of hydrogen-bond acceptors (Lipinski definition) is 2. The molecule has 0 heterocycles. The van der Waals surface area contributed by atoms with Crippen molar-refractivity contribution < 1.29 is 9.59 Å². The van der Waals surface area contributed by atoms with E-state index < -0.39 is 0 Å². The molecule has 0 aliphatic carbocycles. The fourth-order valence-corrected chi connectivity index (χ4v) is 1.09. The van der Waals surface area contributed by atoms with Crippen LogP contribution >= 0.6 is 8.88 Å². The first-order valence-electron chi connectivity index (χ1n) is 3.64. The summed E-state index contributed by atoms with van der Waals surface area (Å²) in [5, 5.41) is 5.05. The molecule has 2 N–H and O–H groups in total. The average molecular weight is 206 g/mol. The summed E-state index contributed by atoms with van der Waals surface area (Å²) in [6.07, 6.45) is 0. The second-order valence-electron chi connectivity index (χ2n) is 2.77. The Morgan fingerprint density at radius 1 is 0.923 bits per heavy atom. The van der Waals surface area contributed by atoms with Gasteiger partial charge in [-0.3, -0.25) is 0 Å². The van der Waals surface area contributed by atoms with E-state index >= 15 is 0 Å². The fraction of sp³-hybridized carbons (Fsp3) is 0.667. The van der Waals surface area contributed by atoms with Crippen LogP contribution in [0.2, 0.25) is 0 Å². The van der Waals surface area contributed by atoms with Crippen molar-refractivity contribution in [3.63, 3.8) is 0 Å². The summed E-state index contributed by atoms with van der Waals surface area (Å²) in [5.74, 6) is 0. The zero-order valence-electron chi connectivity index (χ0n) is 8.21. The number of urea groups is 2. The Bertz CT molecular complexity index is 175. The van der Waals surface area contributed by atoms with Gasteiger partial charge in [0.1, 0.15) is 0 Å². The molecule has 0 bridgehead atoms. The standard InChI is InChI=1S/C6H15N4O2P/c1-9(2)5(11)7-13-8-6(12)10(3)4/h13H,1-4H3,(H,7,11)(H,8,12). The minimum atomic E-state index is -0.225. The van der Waals surface area contributed by atoms with Crippen LogP contribution in [0.4, 0.5) is 9.59 Å². The van der Waals surface area contributed by atoms with Crippen LogP contribution in [0.5, 0.6) is 0 Å². The molecule has 0 spiro atoms. The van der Waals surface area contributed by atoms with Gasteiger partial charge in [-0.2, -0.15) is 0 Å². The van der Waals surface area contributed by atoms with E-state index in [0.29, 0.717) is 0 Å². The van der Waals surface area contributed by atoms with Gasteiger partial charge in [-0.15, -0.1) is 0 Å². The van der Waals surface area contributed by atoms with Gasteiger partial charge in [0.15, 0.2) is 0 Å². The smallest absolute Gasteiger partial charge is 0.321 e. The van der Waals surface area contributed by atoms with Crippen molar-refractivity contribution in [2.24, 2.45) is 0 Å². The summed E-state index contributed by atoms with van der Waals surface area (Å²) >= 11 is 0. The molecule has 0 aliphatic heterocycles. The van der Waals surface area contributed by atoms with Gasteiger partial charge < -0.3 is 20.0 Å². The molecule has 0 atom stereocenters. The molecule has 0 aromatic rings. The molecule has 0 rings (SSSR count). The van der Waals surface area contributed by atoms with Crippen LogP contribution < -0.4 is 10.2 Å². The number of carbonyl (C=O) groups excluding carboxylic acids is 2. The zero-order chi connectivity index (χ0) is 10.4. The van der Waals surface area contributed by atoms with Crippen LogP contribution in [-0.4, -0.2) is 50.1 Å². The molecule has 7 heteroatoms. The van der Waals surface area contributed by atoms with E-state index in [1.165, 1.54) is 9.80 Å². The maximum atomic E-state index is 11.0. The molecule has 0 saturated heterocycles. The van der Waals surface area contributed by atoms with E-state index in [-0.39, 0.29) is 20.9 Å². The number of rotatable bonds is 2. The summed E-state index contributed by atoms with van der Waals surface area (Å²) < 4.78 is 0. The summed E-state index contributed by atoms with van der Waals surface area (Å²) in [6.45, 7) is 0. The summed E-state index contributed by atoms with van der Waals surface area (Å²) in [7, 11) is 6.43. The van der Waals surface area contributed by atoms with E-state index in [2.05, 4.69) is 10.2 Å². The Labute approximate surface area is 79.5 Å². The van der Waals surface area contributed by atoms with Gasteiger partial charge >= 0.3 is 12.1 Å². The largest absolute Gasteiger partial charge is 0.331 e. The molecule has 0 aromatic carbocycles. The lowest BCUT2D eigenvalue weighted by atomic mass is 10.9. The van der Waals surface area contributed by atoms with Crippen molar-refractivity contribution in [2.45, 2.75) is 0 Å². The lowest BCUT2D eigenvalue weighted by molar-refractivity contribution is 0.222. The minimum Gasteiger partial charge on any atom is -0.331 e. The second kappa shape index (κ2) is 5.59. The van der Waals surface area contributed by atoms with Crippen LogP contribution in [0, 0.1) is 0 Å². The number of nitrogens with one attached hydrogen (secondary N) is 2. The zero-order valence-corrected chi connectivity index (χ0v) is 9.21. The summed E-state index contributed by atoms with van der Waals surface area (Å²) in [4.78, 5) is 24.7. The third-order valence-corrected chi connectivity index (χ3v) is 1.83. The molecule has 0 fully saturated rings. The maximum Gasteiger partial charge on any atom is 0.321 e. The predicted molar refractivity (Wildman–Crippen MR) is 52.8 cm³/mol. The lowest BCUT2D eigenvalue weighted by Gasteiger charge is -2.14. The van der Waals surface area contributed by atoms with Crippen molar-refractivity contribution >= 4 is 20.9 Å². The molecular weight excluding hydrogens is 191 g/mol. The normalized spacial score (nSPS) is 8.92. The molecule has 4 amide bonds. The Hall–Kier alpha value is -1.03. The van der Waals surface area contributed by atoms with Gasteiger partial charge in [-0.05, 0) is 0 Å². The summed E-state index contributed by atoms with van der Waals surface area (Å²) in [5.41, 5.74) is 0. The first kappa shape index (κ1) is 12.0. The van der Waals surface area contributed by atoms with Crippen LogP contribution in [0.3, 0.4) is 0 Å². The molecule has 13 heavy (non-hydrogen) atoms. The Morgan fingerprint density at radius 2 is 1.23 bits per heavy atom. The monoisotopic (exact) mass is 206 g/mol. The molecule has 0 unspecified atom stereocenters. The van der Waals surface area contributed by atoms with Crippen LogP contribution in [-0.2, 0) is 0 Å². The van der Waals surface area contributed by atoms with Crippen LogP contribution in [0.25, 0.3) is 0 Å². The van der Waals surface area contributed by atoms with Crippen molar-refractivity contribution in [2.75, 3.05) is 28.2 Å². The number of amides is 4. The summed E-state index contributed by atoms with van der Waals surface area (Å²) in [6, 6.07) is -0.449. The number of carbonyl (C=O) groups is 2. The SMILES string of the molecule is CN(C)C(=O)NPNC(=O)N(C)C. The highest BCUT2D eigenvalue weighted by Crippen LogP contribution is 1.97. The third-order valence-electron chi connectivity index (χ3n) is 1.15. The first-order valence-corrected chi connectivity index (χ1v) is 4.64. The van der Waals surface area contributed by atoms with Crippen LogP contribution in [0.15, 0.2) is 0 Å². The highest BCUT2D eigenvalue weighted by Gasteiger charge is 2.04. The van der Waals surface area contributed by atoms with E-state index in [1.54, 1.807) is 28.2 Å². The molecule has 6 nitrogen and oxygen atoms in total. The molecule has 0 saturated carbocycles. The van der Waals surface area contributed by atoms with E-state index in [9.17, 15) is 9.59 Å². The number of hydrogen-bond donors (Lipinski definition) is 2. The molecule has 0 radical (unpaired) electrons. The third kappa shape index (κ3) is 5.25. The maximum absolute atomic E-state index is 11.0. The molecule has 0 aliphatic rings. The molecule has 76 valence electrons. The van der Waals surface area contributed by atoms with Gasteiger partial charge in [0.25, 0.3) is 0 Å². The van der Waals surface area contributed by atoms with Gasteiger partial charge in [0.05, 0.1) is 8.88 Å². The quantitative estimate of drug-likeness (QED) is 0.626. The van der Waals surface area contributed by atoms with Crippen molar-refractivity contribution in [3.05, 3.63) is 0 Å². The Kier molecular flexibility index (Phi) is 5.14. The fourth-order valence-electron chi connectivity index (χ4n) is 0.362. The van der Waals surface area contributed by atoms with Crippen molar-refractivity contribution in [3.8, 4) is 0 Å². The van der Waals surface area contributed by atoms with Gasteiger partial charge in [0.2, 0.25) is 0 Å². The average Bonchev–Trinajstić information content (AvgIpc) is 2.03. The second-order valence-corrected chi connectivity index (χ2v) is 3.52. The van der Waals surface area contributed by atoms with E-state index in [1.807, 2.05) is 0 Å². The van der Waals surface area contributed by atoms with E-state index in [4.69, 9.17) is 0 Å². The Morgan fingerprint density at radius 3 is 1.46 bits per heavy atom. The van der Waals surface area contributed by atoms with Gasteiger partial charge in [-0.1, -0.05) is 0 Å². The topological polar surface area (TPSA) is 64.7 Å². The van der Waals surface area contributed by atoms with Gasteiger partial charge in [0, 0.05) is 28.2 Å². The first-order chi connectivity index (χ1) is 5.95. The highest BCUT2D eigenvalue weighted by molar-refractivity contribution is 7.35. The minimum absolute atomic E-state index is 0.104. The molecular formula is C6H15N4O2P. The van der Waals surface area contributed by atoms with Gasteiger partial charge in [-0.25, -0.2) is 9.59 Å². The van der Waals surface area contributed by atoms with E-state index in [0.717, 1.165) is 0 Å². The number of nitrogens with zero attached hydrogens (tertiary/aromatic N) is 2. The molecule has 0 aromatic heterocycles. The van der Waals surface area contributed by atoms with Crippen LogP contribution in [0.1, 0.15) is 0 Å².